The summed E-state index contributed by atoms with van der Waals surface area (Å²) in [4.78, 5) is 2.82. The summed E-state index contributed by atoms with van der Waals surface area (Å²) >= 11 is 0. The van der Waals surface area contributed by atoms with Gasteiger partial charge in [-0.2, -0.15) is 0 Å². The summed E-state index contributed by atoms with van der Waals surface area (Å²) in [6, 6.07) is 1.55. The number of nitrogens with zero attached hydrogens (tertiary/aromatic N) is 1. The van der Waals surface area contributed by atoms with E-state index in [1.54, 1.807) is 0 Å². The van der Waals surface area contributed by atoms with Crippen molar-refractivity contribution in [3.63, 3.8) is 0 Å². The summed E-state index contributed by atoms with van der Waals surface area (Å²) in [6.45, 7) is 15.2. The van der Waals surface area contributed by atoms with Crippen LogP contribution in [0.3, 0.4) is 0 Å². The van der Waals surface area contributed by atoms with E-state index in [0.29, 0.717) is 6.04 Å². The summed E-state index contributed by atoms with van der Waals surface area (Å²) in [5.41, 5.74) is 0. The molecule has 2 nitrogen and oxygen atoms in total. The molecule has 0 radical (unpaired) electrons. The van der Waals surface area contributed by atoms with Gasteiger partial charge in [0, 0.05) is 25.2 Å². The van der Waals surface area contributed by atoms with E-state index in [1.807, 2.05) is 0 Å². The third-order valence-electron chi connectivity index (χ3n) is 4.17. The SMILES string of the molecule is CCNCC(C(C)C)N(CC(C)C)C1CCCC1. The first-order valence-electron chi connectivity index (χ1n) is 8.02. The Morgan fingerprint density at radius 3 is 2.17 bits per heavy atom. The van der Waals surface area contributed by atoms with E-state index in [-0.39, 0.29) is 0 Å². The third-order valence-corrected chi connectivity index (χ3v) is 4.17. The van der Waals surface area contributed by atoms with Crippen LogP contribution in [-0.4, -0.2) is 36.6 Å². The molecular weight excluding hydrogens is 220 g/mol. The van der Waals surface area contributed by atoms with Crippen LogP contribution in [0.15, 0.2) is 0 Å². The number of rotatable bonds is 8. The van der Waals surface area contributed by atoms with E-state index >= 15 is 0 Å². The number of hydrogen-bond acceptors (Lipinski definition) is 2. The van der Waals surface area contributed by atoms with Gasteiger partial charge in [-0.15, -0.1) is 0 Å². The Morgan fingerprint density at radius 2 is 1.72 bits per heavy atom. The van der Waals surface area contributed by atoms with E-state index in [2.05, 4.69) is 44.8 Å². The zero-order valence-electron chi connectivity index (χ0n) is 13.2. The second-order valence-electron chi connectivity index (χ2n) is 6.65. The molecule has 1 fully saturated rings. The highest BCUT2D eigenvalue weighted by molar-refractivity contribution is 4.86. The molecule has 1 unspecified atom stereocenters. The summed E-state index contributed by atoms with van der Waals surface area (Å²) in [7, 11) is 0. The topological polar surface area (TPSA) is 15.3 Å². The van der Waals surface area contributed by atoms with Crippen LogP contribution in [-0.2, 0) is 0 Å². The first-order chi connectivity index (χ1) is 8.56. The van der Waals surface area contributed by atoms with Gasteiger partial charge in [-0.1, -0.05) is 47.5 Å². The second-order valence-corrected chi connectivity index (χ2v) is 6.65. The highest BCUT2D eigenvalue weighted by Crippen LogP contribution is 2.27. The molecule has 0 bridgehead atoms. The van der Waals surface area contributed by atoms with Crippen LogP contribution in [0.25, 0.3) is 0 Å². The van der Waals surface area contributed by atoms with Gasteiger partial charge in [0.15, 0.2) is 0 Å². The molecule has 0 saturated heterocycles. The predicted molar refractivity (Wildman–Crippen MR) is 81.0 cm³/mol. The van der Waals surface area contributed by atoms with Gasteiger partial charge in [0.25, 0.3) is 0 Å². The Bertz CT molecular complexity index is 207. The Balaban J connectivity index is 2.68. The molecule has 0 amide bonds. The van der Waals surface area contributed by atoms with Crippen molar-refractivity contribution >= 4 is 0 Å². The Hall–Kier alpha value is -0.0800. The van der Waals surface area contributed by atoms with Gasteiger partial charge in [-0.3, -0.25) is 4.90 Å². The van der Waals surface area contributed by atoms with Crippen molar-refractivity contribution in [2.75, 3.05) is 19.6 Å². The first-order valence-corrected chi connectivity index (χ1v) is 8.02. The van der Waals surface area contributed by atoms with Crippen molar-refractivity contribution in [2.45, 2.75) is 72.4 Å². The Kier molecular flexibility index (Phi) is 7.25. The van der Waals surface area contributed by atoms with Crippen molar-refractivity contribution in [1.82, 2.24) is 10.2 Å². The smallest absolute Gasteiger partial charge is 0.0246 e. The van der Waals surface area contributed by atoms with Gasteiger partial charge in [0.05, 0.1) is 0 Å². The number of hydrogen-bond donors (Lipinski definition) is 1. The van der Waals surface area contributed by atoms with Crippen molar-refractivity contribution < 1.29 is 0 Å². The maximum absolute atomic E-state index is 3.57. The summed E-state index contributed by atoms with van der Waals surface area (Å²) < 4.78 is 0. The van der Waals surface area contributed by atoms with Crippen LogP contribution in [0.4, 0.5) is 0 Å². The molecule has 1 rings (SSSR count). The average molecular weight is 254 g/mol. The molecule has 1 atom stereocenters. The zero-order valence-corrected chi connectivity index (χ0v) is 13.2. The van der Waals surface area contributed by atoms with Gasteiger partial charge in [-0.05, 0) is 31.2 Å². The lowest BCUT2D eigenvalue weighted by Gasteiger charge is -2.40. The van der Waals surface area contributed by atoms with Gasteiger partial charge in [0.2, 0.25) is 0 Å². The summed E-state index contributed by atoms with van der Waals surface area (Å²) in [5, 5.41) is 3.57. The van der Waals surface area contributed by atoms with Gasteiger partial charge in [0.1, 0.15) is 0 Å². The van der Waals surface area contributed by atoms with Crippen LogP contribution in [0.2, 0.25) is 0 Å². The number of nitrogens with one attached hydrogen (secondary N) is 1. The van der Waals surface area contributed by atoms with E-state index in [0.717, 1.165) is 31.0 Å². The van der Waals surface area contributed by atoms with Crippen molar-refractivity contribution in [1.29, 1.82) is 0 Å². The molecule has 0 spiro atoms. The molecule has 1 aliphatic carbocycles. The molecule has 0 aromatic heterocycles. The van der Waals surface area contributed by atoms with E-state index < -0.39 is 0 Å². The summed E-state index contributed by atoms with van der Waals surface area (Å²) in [6.07, 6.45) is 5.71. The van der Waals surface area contributed by atoms with Crippen LogP contribution in [0, 0.1) is 11.8 Å². The van der Waals surface area contributed by atoms with Crippen molar-refractivity contribution in [3.05, 3.63) is 0 Å². The van der Waals surface area contributed by atoms with Crippen molar-refractivity contribution in [2.24, 2.45) is 11.8 Å². The van der Waals surface area contributed by atoms with Crippen molar-refractivity contribution in [3.8, 4) is 0 Å². The monoisotopic (exact) mass is 254 g/mol. The maximum atomic E-state index is 3.57. The Morgan fingerprint density at radius 1 is 1.11 bits per heavy atom. The maximum Gasteiger partial charge on any atom is 0.0246 e. The van der Waals surface area contributed by atoms with E-state index in [4.69, 9.17) is 0 Å². The van der Waals surface area contributed by atoms with E-state index in [9.17, 15) is 0 Å². The molecule has 0 aromatic rings. The molecule has 1 saturated carbocycles. The van der Waals surface area contributed by atoms with Gasteiger partial charge < -0.3 is 5.32 Å². The zero-order chi connectivity index (χ0) is 13.5. The molecule has 0 heterocycles. The molecule has 1 N–H and O–H groups in total. The predicted octanol–water partition coefficient (Wildman–Crippen LogP) is 3.52. The molecule has 2 heteroatoms. The van der Waals surface area contributed by atoms with Crippen LogP contribution in [0.5, 0.6) is 0 Å². The second kappa shape index (κ2) is 8.16. The first kappa shape index (κ1) is 16.0. The summed E-state index contributed by atoms with van der Waals surface area (Å²) in [5.74, 6) is 1.51. The number of likely N-dealkylation sites (N-methyl/N-ethyl adjacent to an activating group) is 1. The Labute approximate surface area is 115 Å². The minimum Gasteiger partial charge on any atom is -0.315 e. The fraction of sp³-hybridized carbons (Fsp3) is 1.00. The van der Waals surface area contributed by atoms with Crippen LogP contribution < -0.4 is 5.32 Å². The molecular formula is C16H34N2. The fourth-order valence-electron chi connectivity index (χ4n) is 3.24. The molecule has 0 aromatic carbocycles. The lowest BCUT2D eigenvalue weighted by Crippen LogP contribution is -2.51. The van der Waals surface area contributed by atoms with Crippen LogP contribution in [0.1, 0.15) is 60.3 Å². The highest BCUT2D eigenvalue weighted by Gasteiger charge is 2.30. The van der Waals surface area contributed by atoms with Gasteiger partial charge in [-0.25, -0.2) is 0 Å². The molecule has 108 valence electrons. The minimum absolute atomic E-state index is 0.704. The standard InChI is InChI=1S/C16H34N2/c1-6-17-11-16(14(4)5)18(12-13(2)3)15-9-7-8-10-15/h13-17H,6-12H2,1-5H3. The fourth-order valence-corrected chi connectivity index (χ4v) is 3.24. The minimum atomic E-state index is 0.704. The average Bonchev–Trinajstić information content (AvgIpc) is 2.80. The third kappa shape index (κ3) is 4.89. The molecule has 18 heavy (non-hydrogen) atoms. The molecule has 0 aliphatic heterocycles. The lowest BCUT2D eigenvalue weighted by molar-refractivity contribution is 0.0880. The molecule has 1 aliphatic rings. The van der Waals surface area contributed by atoms with E-state index in [1.165, 1.54) is 32.2 Å². The normalized spacial score (nSPS) is 19.3. The van der Waals surface area contributed by atoms with Crippen LogP contribution >= 0.6 is 0 Å². The lowest BCUT2D eigenvalue weighted by atomic mass is 9.98. The highest BCUT2D eigenvalue weighted by atomic mass is 15.2. The largest absolute Gasteiger partial charge is 0.315 e. The quantitative estimate of drug-likeness (QED) is 0.713. The van der Waals surface area contributed by atoms with Gasteiger partial charge >= 0.3 is 0 Å².